The molecule has 0 unspecified atom stereocenters. The third kappa shape index (κ3) is 22.1. The summed E-state index contributed by atoms with van der Waals surface area (Å²) in [7, 11) is 0. The molecular formula is C32H32Br2Cl4F2N16O4. The number of carbonyl (C=O) groups is 4. The molecule has 4 aromatic rings. The summed E-state index contributed by atoms with van der Waals surface area (Å²) in [4.78, 5) is 57.3. The van der Waals surface area contributed by atoms with Crippen LogP contribution in [0, 0.1) is 11.6 Å². The van der Waals surface area contributed by atoms with Crippen molar-refractivity contribution in [2.45, 2.75) is 0 Å². The van der Waals surface area contributed by atoms with Crippen molar-refractivity contribution in [2.24, 2.45) is 65.8 Å². The van der Waals surface area contributed by atoms with E-state index in [0.29, 0.717) is 25.9 Å². The van der Waals surface area contributed by atoms with Gasteiger partial charge in [0.2, 0.25) is 0 Å². The number of anilines is 4. The molecule has 20 N–H and O–H groups in total. The molecule has 0 atom stereocenters. The van der Waals surface area contributed by atoms with Crippen LogP contribution in [0.4, 0.5) is 50.7 Å². The maximum Gasteiger partial charge on any atom is 0.348 e. The molecule has 0 saturated heterocycles. The summed E-state index contributed by atoms with van der Waals surface area (Å²) in [6.07, 6.45) is 0. The first-order chi connectivity index (χ1) is 27.9. The molecule has 0 aliphatic rings. The van der Waals surface area contributed by atoms with Crippen LogP contribution in [0.1, 0.15) is 0 Å². The van der Waals surface area contributed by atoms with Gasteiger partial charge in [0.1, 0.15) is 11.6 Å². The number of rotatable bonds is 4. The fraction of sp³-hybridized carbons (Fsp3) is 0. The number of nitrogens with two attached hydrogens (primary N) is 8. The van der Waals surface area contributed by atoms with Crippen LogP contribution in [0.2, 0.25) is 20.1 Å². The average Bonchev–Trinajstić information content (AvgIpc) is 3.09. The van der Waals surface area contributed by atoms with Crippen molar-refractivity contribution in [3.63, 3.8) is 0 Å². The highest BCUT2D eigenvalue weighted by Gasteiger charge is 2.08. The van der Waals surface area contributed by atoms with Crippen LogP contribution in [0.5, 0.6) is 0 Å². The molecule has 4 rings (SSSR count). The number of nitrogens with one attached hydrogen (secondary N) is 4. The van der Waals surface area contributed by atoms with E-state index in [4.69, 9.17) is 92.3 Å². The number of guanidine groups is 4. The number of benzene rings is 4. The van der Waals surface area contributed by atoms with Crippen LogP contribution in [0.25, 0.3) is 0 Å². The van der Waals surface area contributed by atoms with Crippen molar-refractivity contribution >= 4 is 149 Å². The van der Waals surface area contributed by atoms with Gasteiger partial charge < -0.3 is 67.1 Å². The summed E-state index contributed by atoms with van der Waals surface area (Å²) in [5.74, 6) is -2.53. The van der Waals surface area contributed by atoms with Gasteiger partial charge in [-0.15, -0.1) is 0 Å². The number of carbonyl (C=O) groups excluding carboxylic acids is 4. The maximum absolute atomic E-state index is 13.1. The van der Waals surface area contributed by atoms with Gasteiger partial charge >= 0.3 is 24.1 Å². The minimum Gasteiger partial charge on any atom is -0.370 e. The SMILES string of the molecule is NC(N)=NC(=O)Nc1ccc(Br)cc1Cl.NC(N)=NC(=O)Nc1ccc(Cl)cc1Br.NC(N)=NC(=O)Nc1ccc(Cl)cc1F.NC(N)=NC(=O)Nc1ccc(F)cc1Cl. The molecule has 0 aromatic heterocycles. The third-order valence-electron chi connectivity index (χ3n) is 5.61. The second kappa shape index (κ2) is 26.0. The second-order valence-electron chi connectivity index (χ2n) is 10.4. The average molecular weight is 1040 g/mol. The van der Waals surface area contributed by atoms with Crippen molar-refractivity contribution < 1.29 is 28.0 Å². The first kappa shape index (κ1) is 51.8. The van der Waals surface area contributed by atoms with E-state index in [1.807, 2.05) is 0 Å². The van der Waals surface area contributed by atoms with E-state index in [1.54, 1.807) is 36.4 Å². The number of halogens is 8. The molecule has 0 fully saturated rings. The van der Waals surface area contributed by atoms with E-state index in [9.17, 15) is 28.0 Å². The summed E-state index contributed by atoms with van der Waals surface area (Å²) in [5, 5.41) is 10.6. The van der Waals surface area contributed by atoms with Gasteiger partial charge in [-0.3, -0.25) is 0 Å². The Morgan fingerprint density at radius 1 is 0.467 bits per heavy atom. The van der Waals surface area contributed by atoms with Crippen LogP contribution in [0.3, 0.4) is 0 Å². The van der Waals surface area contributed by atoms with E-state index < -0.39 is 41.7 Å². The van der Waals surface area contributed by atoms with E-state index in [2.05, 4.69) is 73.1 Å². The van der Waals surface area contributed by atoms with Crippen molar-refractivity contribution in [1.29, 1.82) is 0 Å². The van der Waals surface area contributed by atoms with E-state index in [-0.39, 0.29) is 39.3 Å². The molecule has 320 valence electrons. The first-order valence-corrected chi connectivity index (χ1v) is 18.5. The predicted octanol–water partition coefficient (Wildman–Crippen LogP) is 6.38. The van der Waals surface area contributed by atoms with Crippen molar-refractivity contribution in [1.82, 2.24) is 0 Å². The molecule has 0 bridgehead atoms. The number of hydrogen-bond donors (Lipinski definition) is 12. The van der Waals surface area contributed by atoms with Crippen molar-refractivity contribution in [3.8, 4) is 0 Å². The quantitative estimate of drug-likeness (QED) is 0.0782. The Labute approximate surface area is 375 Å². The highest BCUT2D eigenvalue weighted by atomic mass is 79.9. The van der Waals surface area contributed by atoms with E-state index in [0.717, 1.165) is 22.7 Å². The largest absolute Gasteiger partial charge is 0.370 e. The highest BCUT2D eigenvalue weighted by molar-refractivity contribution is 9.10. The van der Waals surface area contributed by atoms with Crippen molar-refractivity contribution in [3.05, 3.63) is 113 Å². The Morgan fingerprint density at radius 3 is 1.20 bits per heavy atom. The maximum atomic E-state index is 13.1. The summed E-state index contributed by atoms with van der Waals surface area (Å²) in [5.41, 5.74) is 41.2. The van der Waals surface area contributed by atoms with Crippen LogP contribution in [-0.2, 0) is 0 Å². The first-order valence-electron chi connectivity index (χ1n) is 15.4. The van der Waals surface area contributed by atoms with Gasteiger partial charge in [-0.1, -0.05) is 62.3 Å². The number of urea groups is 4. The molecule has 20 nitrogen and oxygen atoms in total. The number of nitrogens with zero attached hydrogens (tertiary/aromatic N) is 4. The van der Waals surface area contributed by atoms with Crippen LogP contribution in [0.15, 0.2) is 102 Å². The summed E-state index contributed by atoms with van der Waals surface area (Å²) in [6, 6.07) is 14.3. The van der Waals surface area contributed by atoms with Gasteiger partial charge in [-0.05, 0) is 88.7 Å². The molecular weight excluding hydrogens is 1010 g/mol. The van der Waals surface area contributed by atoms with Crippen LogP contribution >= 0.6 is 78.3 Å². The molecule has 28 heteroatoms. The summed E-state index contributed by atoms with van der Waals surface area (Å²) >= 11 is 29.2. The number of aliphatic imine (C=N–C) groups is 4. The molecule has 4 aromatic carbocycles. The minimum atomic E-state index is -0.851. The smallest absolute Gasteiger partial charge is 0.348 e. The molecule has 0 aliphatic carbocycles. The Bertz CT molecular complexity index is 1990. The molecule has 0 radical (unpaired) electrons. The second-order valence-corrected chi connectivity index (χ2v) is 13.8. The van der Waals surface area contributed by atoms with Gasteiger partial charge in [0.05, 0.1) is 32.8 Å². The lowest BCUT2D eigenvalue weighted by molar-refractivity contribution is 0.258. The molecule has 60 heavy (non-hydrogen) atoms. The molecule has 0 saturated carbocycles. The molecule has 0 aliphatic heterocycles. The van der Waals surface area contributed by atoms with Crippen LogP contribution in [-0.4, -0.2) is 48.0 Å². The monoisotopic (exact) mass is 1040 g/mol. The Kier molecular flexibility index (Phi) is 22.5. The minimum absolute atomic E-state index is 0.0469. The lowest BCUT2D eigenvalue weighted by Gasteiger charge is -2.04. The highest BCUT2D eigenvalue weighted by Crippen LogP contribution is 2.27. The molecule has 8 amide bonds. The molecule has 0 heterocycles. The number of amides is 8. The lowest BCUT2D eigenvalue weighted by Crippen LogP contribution is -2.25. The lowest BCUT2D eigenvalue weighted by atomic mass is 10.3. The fourth-order valence-corrected chi connectivity index (χ4v) is 5.28. The summed E-state index contributed by atoms with van der Waals surface area (Å²) in [6.45, 7) is 0. The standard InChI is InChI=1S/2C8H8BrClN4O.2C8H8ClFN4O/c9-5-3-4(10)1-2-6(5)13-8(15)14-7(11)12;9-4-1-2-6(5(10)3-4)13-8(15)14-7(11)12;9-5-3-4(10)1-2-6(5)13-8(15)14-7(11)12;9-4-1-2-6(5(10)3-4)13-8(15)14-7(11)12/h4*1-3H,(H5,11,12,13,14,15). The Balaban J connectivity index is 0.000000400. The zero-order chi connectivity index (χ0) is 45.7. The Morgan fingerprint density at radius 2 is 0.817 bits per heavy atom. The van der Waals surface area contributed by atoms with E-state index in [1.165, 1.54) is 18.2 Å². The zero-order valence-corrected chi connectivity index (χ0v) is 36.2. The van der Waals surface area contributed by atoms with Gasteiger partial charge in [-0.2, -0.15) is 20.0 Å². The molecule has 0 spiro atoms. The van der Waals surface area contributed by atoms with Crippen molar-refractivity contribution in [2.75, 3.05) is 21.3 Å². The zero-order valence-electron chi connectivity index (χ0n) is 30.0. The third-order valence-corrected chi connectivity index (χ3v) is 7.86. The van der Waals surface area contributed by atoms with Gasteiger partial charge in [-0.25, -0.2) is 28.0 Å². The normalized spacial score (nSPS) is 9.47. The summed E-state index contributed by atoms with van der Waals surface area (Å²) < 4.78 is 27.2. The van der Waals surface area contributed by atoms with E-state index >= 15 is 0 Å². The number of hydrogen-bond acceptors (Lipinski definition) is 4. The van der Waals surface area contributed by atoms with Gasteiger partial charge in [0, 0.05) is 19.0 Å². The fourth-order valence-electron chi connectivity index (χ4n) is 3.41. The van der Waals surface area contributed by atoms with Gasteiger partial charge in [0.15, 0.2) is 23.8 Å². The van der Waals surface area contributed by atoms with Gasteiger partial charge in [0.25, 0.3) is 0 Å². The predicted molar refractivity (Wildman–Crippen MR) is 240 cm³/mol. The van der Waals surface area contributed by atoms with Crippen LogP contribution < -0.4 is 67.1 Å². The topological polar surface area (TPSA) is 374 Å². The Hall–Kier alpha value is -6.18.